The summed E-state index contributed by atoms with van der Waals surface area (Å²) in [6, 6.07) is 10.6. The Balaban J connectivity index is 0.000000333. The van der Waals surface area contributed by atoms with Gasteiger partial charge in [0, 0.05) is 58.4 Å². The Labute approximate surface area is 225 Å². The van der Waals surface area contributed by atoms with Crippen LogP contribution in [0.4, 0.5) is 26.3 Å². The first-order valence-corrected chi connectivity index (χ1v) is 11.9. The smallest absolute Gasteiger partial charge is 0.475 e. The number of likely N-dealkylation sites (N-methyl/N-ethyl adjacent to an activating group) is 1. The second-order valence-electron chi connectivity index (χ2n) is 9.05. The molecule has 3 heterocycles. The number of alkyl halides is 6. The fourth-order valence-corrected chi connectivity index (χ4v) is 3.93. The molecule has 2 N–H and O–H groups in total. The molecule has 0 spiro atoms. The molecule has 2 aliphatic rings. The van der Waals surface area contributed by atoms with Gasteiger partial charge in [0.25, 0.3) is 5.91 Å². The fraction of sp³-hybridized carbons (Fsp3) is 0.500. The van der Waals surface area contributed by atoms with Gasteiger partial charge in [-0.25, -0.2) is 9.59 Å². The second kappa shape index (κ2) is 13.6. The number of aliphatic carboxylic acids is 2. The zero-order valence-electron chi connectivity index (χ0n) is 21.7. The molecule has 1 fully saturated rings. The number of carbonyl (C=O) groups excluding carboxylic acids is 1. The van der Waals surface area contributed by atoms with E-state index in [2.05, 4.69) is 52.3 Å². The maximum absolute atomic E-state index is 13.0. The van der Waals surface area contributed by atoms with Crippen LogP contribution in [0.1, 0.15) is 27.3 Å². The van der Waals surface area contributed by atoms with Crippen molar-refractivity contribution < 1.29 is 50.9 Å². The lowest BCUT2D eigenvalue weighted by atomic mass is 10.0. The number of aryl methyl sites for hydroxylation is 1. The van der Waals surface area contributed by atoms with E-state index in [1.165, 1.54) is 11.3 Å². The Morgan fingerprint density at radius 1 is 0.850 bits per heavy atom. The van der Waals surface area contributed by atoms with Crippen molar-refractivity contribution in [1.82, 2.24) is 24.5 Å². The minimum Gasteiger partial charge on any atom is -0.475 e. The molecule has 10 nitrogen and oxygen atoms in total. The molecule has 2 aliphatic heterocycles. The molecular weight excluding hydrogens is 552 g/mol. The fourth-order valence-electron chi connectivity index (χ4n) is 3.93. The van der Waals surface area contributed by atoms with Crippen LogP contribution < -0.4 is 0 Å². The highest BCUT2D eigenvalue weighted by molar-refractivity contribution is 5.94. The number of nitrogens with zero attached hydrogens (tertiary/aromatic N) is 5. The van der Waals surface area contributed by atoms with Crippen molar-refractivity contribution in [2.45, 2.75) is 31.9 Å². The molecule has 0 bridgehead atoms. The number of carboxylic acid groups (broad SMARTS) is 2. The summed E-state index contributed by atoms with van der Waals surface area (Å²) in [6.45, 7) is 6.21. The molecule has 222 valence electrons. The molecule has 1 aromatic carbocycles. The van der Waals surface area contributed by atoms with Crippen molar-refractivity contribution in [1.29, 1.82) is 0 Å². The highest BCUT2D eigenvalue weighted by Crippen LogP contribution is 2.24. The van der Waals surface area contributed by atoms with Crippen LogP contribution in [0.3, 0.4) is 0 Å². The van der Waals surface area contributed by atoms with Crippen LogP contribution in [0.2, 0.25) is 0 Å². The zero-order chi connectivity index (χ0) is 30.3. The van der Waals surface area contributed by atoms with E-state index < -0.39 is 24.3 Å². The molecule has 0 atom stereocenters. The van der Waals surface area contributed by atoms with Crippen LogP contribution in [0.25, 0.3) is 0 Å². The van der Waals surface area contributed by atoms with E-state index >= 15 is 0 Å². The van der Waals surface area contributed by atoms with E-state index in [4.69, 9.17) is 19.8 Å². The largest absolute Gasteiger partial charge is 0.490 e. The van der Waals surface area contributed by atoms with Crippen LogP contribution in [0.5, 0.6) is 0 Å². The number of fused-ring (bicyclic) bond motifs is 1. The summed E-state index contributed by atoms with van der Waals surface area (Å²) in [5.74, 6) is -5.41. The number of hydrogen-bond acceptors (Lipinski definition) is 6. The van der Waals surface area contributed by atoms with Gasteiger partial charge >= 0.3 is 24.3 Å². The summed E-state index contributed by atoms with van der Waals surface area (Å²) < 4.78 is 65.4. The van der Waals surface area contributed by atoms with E-state index in [1.54, 1.807) is 0 Å². The average Bonchev–Trinajstić information content (AvgIpc) is 3.20. The highest BCUT2D eigenvalue weighted by atomic mass is 19.4. The van der Waals surface area contributed by atoms with Crippen molar-refractivity contribution in [3.8, 4) is 0 Å². The van der Waals surface area contributed by atoms with Gasteiger partial charge in [0.1, 0.15) is 0 Å². The van der Waals surface area contributed by atoms with Crippen molar-refractivity contribution in [3.63, 3.8) is 0 Å². The predicted molar refractivity (Wildman–Crippen MR) is 128 cm³/mol. The molecule has 4 rings (SSSR count). The van der Waals surface area contributed by atoms with Crippen LogP contribution >= 0.6 is 0 Å². The molecule has 0 radical (unpaired) electrons. The molecule has 2 aromatic rings. The number of rotatable bonds is 3. The Kier molecular flexibility index (Phi) is 11.1. The number of carbonyl (C=O) groups is 3. The Hall–Kier alpha value is -3.66. The van der Waals surface area contributed by atoms with Crippen molar-refractivity contribution >= 4 is 17.8 Å². The Bertz CT molecular complexity index is 1140. The van der Waals surface area contributed by atoms with Gasteiger partial charge in [0.05, 0.1) is 5.69 Å². The first kappa shape index (κ1) is 32.6. The van der Waals surface area contributed by atoms with Crippen LogP contribution in [0, 0.1) is 0 Å². The third-order valence-corrected chi connectivity index (χ3v) is 6.05. The van der Waals surface area contributed by atoms with Crippen molar-refractivity contribution in [2.75, 3.05) is 39.8 Å². The van der Waals surface area contributed by atoms with E-state index in [-0.39, 0.29) is 5.91 Å². The number of halogens is 6. The number of hydrogen-bond donors (Lipinski definition) is 2. The van der Waals surface area contributed by atoms with Gasteiger partial charge in [-0.1, -0.05) is 30.3 Å². The maximum Gasteiger partial charge on any atom is 0.490 e. The molecular formula is C24H29F6N5O5. The van der Waals surface area contributed by atoms with Crippen LogP contribution in [0.15, 0.2) is 30.3 Å². The number of piperazine rings is 1. The van der Waals surface area contributed by atoms with Gasteiger partial charge in [0.2, 0.25) is 0 Å². The molecule has 0 aliphatic carbocycles. The SMILES string of the molecule is CN1CCN(C(=O)c2nn(C)c3c2CCN(Cc2ccccc2)C3)CC1.O=C(O)C(F)(F)F.O=C(O)C(F)(F)F. The van der Waals surface area contributed by atoms with E-state index in [1.807, 2.05) is 16.6 Å². The molecule has 40 heavy (non-hydrogen) atoms. The normalized spacial score (nSPS) is 16.1. The minimum absolute atomic E-state index is 0.103. The summed E-state index contributed by atoms with van der Waals surface area (Å²) >= 11 is 0. The van der Waals surface area contributed by atoms with Gasteiger partial charge in [0.15, 0.2) is 5.69 Å². The topological polar surface area (TPSA) is 119 Å². The Morgan fingerprint density at radius 3 is 1.82 bits per heavy atom. The summed E-state index contributed by atoms with van der Waals surface area (Å²) in [4.78, 5) is 37.4. The number of amides is 1. The number of aromatic nitrogens is 2. The van der Waals surface area contributed by atoms with E-state index in [0.717, 1.165) is 57.8 Å². The van der Waals surface area contributed by atoms with Crippen LogP contribution in [-0.2, 0) is 36.1 Å². The molecule has 0 saturated carbocycles. The van der Waals surface area contributed by atoms with Gasteiger partial charge in [-0.3, -0.25) is 14.4 Å². The lowest BCUT2D eigenvalue weighted by Gasteiger charge is -2.32. The molecule has 0 unspecified atom stereocenters. The standard InChI is InChI=1S/C20H27N5O.2C2HF3O2/c1-22-10-12-25(13-11-22)20(26)19-17-8-9-24(15-18(17)23(2)21-19)14-16-6-4-3-5-7-16;2*3-2(4,5)1(6)7/h3-7H,8-15H2,1-2H3;2*(H,6,7). The summed E-state index contributed by atoms with van der Waals surface area (Å²) in [7, 11) is 4.07. The Morgan fingerprint density at radius 2 is 1.35 bits per heavy atom. The van der Waals surface area contributed by atoms with E-state index in [0.29, 0.717) is 5.69 Å². The first-order chi connectivity index (χ1) is 18.5. The van der Waals surface area contributed by atoms with Gasteiger partial charge in [-0.15, -0.1) is 0 Å². The molecule has 1 amide bonds. The quantitative estimate of drug-likeness (QED) is 0.532. The second-order valence-corrected chi connectivity index (χ2v) is 9.05. The van der Waals surface area contributed by atoms with Crippen LogP contribution in [-0.4, -0.2) is 105 Å². The first-order valence-electron chi connectivity index (χ1n) is 11.9. The number of benzene rings is 1. The number of carboxylic acids is 2. The maximum atomic E-state index is 13.0. The van der Waals surface area contributed by atoms with Gasteiger partial charge < -0.3 is 20.0 Å². The average molecular weight is 582 g/mol. The predicted octanol–water partition coefficient (Wildman–Crippen LogP) is 2.63. The lowest BCUT2D eigenvalue weighted by molar-refractivity contribution is -0.193. The third-order valence-electron chi connectivity index (χ3n) is 6.05. The summed E-state index contributed by atoms with van der Waals surface area (Å²) in [6.07, 6.45) is -9.27. The summed E-state index contributed by atoms with van der Waals surface area (Å²) in [5.41, 5.74) is 4.34. The monoisotopic (exact) mass is 581 g/mol. The summed E-state index contributed by atoms with van der Waals surface area (Å²) in [5, 5.41) is 18.9. The molecule has 1 saturated heterocycles. The lowest BCUT2D eigenvalue weighted by Crippen LogP contribution is -2.47. The molecule has 1 aromatic heterocycles. The van der Waals surface area contributed by atoms with E-state index in [9.17, 15) is 31.1 Å². The zero-order valence-corrected chi connectivity index (χ0v) is 21.7. The highest BCUT2D eigenvalue weighted by Gasteiger charge is 2.39. The van der Waals surface area contributed by atoms with Crippen molar-refractivity contribution in [3.05, 3.63) is 52.8 Å². The van der Waals surface area contributed by atoms with Gasteiger partial charge in [-0.05, 0) is 19.0 Å². The minimum atomic E-state index is -5.08. The van der Waals surface area contributed by atoms with Crippen molar-refractivity contribution in [2.24, 2.45) is 7.05 Å². The molecule has 16 heteroatoms. The van der Waals surface area contributed by atoms with Gasteiger partial charge in [-0.2, -0.15) is 31.4 Å². The third kappa shape index (κ3) is 9.51.